The van der Waals surface area contributed by atoms with E-state index in [0.717, 1.165) is 6.07 Å². The first-order valence-corrected chi connectivity index (χ1v) is 11.9. The first-order chi connectivity index (χ1) is 17.8. The molecule has 38 heavy (non-hydrogen) atoms. The van der Waals surface area contributed by atoms with E-state index in [0.29, 0.717) is 11.3 Å². The Kier molecular flexibility index (Phi) is 7.42. The number of nitrogens with zero attached hydrogens (tertiary/aromatic N) is 1. The molecule has 2 N–H and O–H groups in total. The van der Waals surface area contributed by atoms with Crippen LogP contribution in [0.2, 0.25) is 0 Å². The number of pyridine rings is 1. The Morgan fingerprint density at radius 3 is 2.53 bits per heavy atom. The highest BCUT2D eigenvalue weighted by atomic mass is 19.4. The number of methoxy groups -OCH3 is 1. The van der Waals surface area contributed by atoms with Gasteiger partial charge in [0.1, 0.15) is 23.4 Å². The van der Waals surface area contributed by atoms with Gasteiger partial charge >= 0.3 is 12.1 Å². The van der Waals surface area contributed by atoms with Crippen molar-refractivity contribution in [1.29, 1.82) is 0 Å². The highest BCUT2D eigenvalue weighted by molar-refractivity contribution is 5.71. The average Bonchev–Trinajstić information content (AvgIpc) is 2.86. The molecular formula is C27H27F4NO6. The van der Waals surface area contributed by atoms with Crippen LogP contribution in [0.3, 0.4) is 0 Å². The minimum absolute atomic E-state index is 0.119. The largest absolute Gasteiger partial charge is 0.497 e. The summed E-state index contributed by atoms with van der Waals surface area (Å²) in [7, 11) is 1.35. The second-order valence-corrected chi connectivity index (χ2v) is 9.45. The zero-order valence-corrected chi connectivity index (χ0v) is 21.0. The van der Waals surface area contributed by atoms with E-state index in [4.69, 9.17) is 14.2 Å². The van der Waals surface area contributed by atoms with Crippen molar-refractivity contribution in [2.24, 2.45) is 11.8 Å². The SMILES string of the molecule is COc1ccc(F)c(-c2ccc([C@H]3OC4=C(CC(C)C([C@H](O)[C@H](C)C(=O)O)=C4)OC3C)c(C(F)(F)F)n2)c1. The van der Waals surface area contributed by atoms with Gasteiger partial charge in [-0.1, -0.05) is 13.0 Å². The highest BCUT2D eigenvalue weighted by Gasteiger charge is 2.43. The molecule has 0 saturated heterocycles. The molecule has 5 atom stereocenters. The molecule has 0 bridgehead atoms. The molecule has 0 spiro atoms. The molecule has 204 valence electrons. The molecular weight excluding hydrogens is 510 g/mol. The smallest absolute Gasteiger partial charge is 0.433 e. The normalized spacial score (nSPS) is 23.0. The summed E-state index contributed by atoms with van der Waals surface area (Å²) in [5, 5.41) is 19.9. The molecule has 7 nitrogen and oxygen atoms in total. The van der Waals surface area contributed by atoms with Gasteiger partial charge in [-0.15, -0.1) is 0 Å². The predicted octanol–water partition coefficient (Wildman–Crippen LogP) is 5.65. The third-order valence-corrected chi connectivity index (χ3v) is 6.80. The molecule has 0 radical (unpaired) electrons. The molecule has 1 aromatic heterocycles. The first kappa shape index (κ1) is 27.4. The number of aromatic nitrogens is 1. The van der Waals surface area contributed by atoms with Crippen LogP contribution in [0.4, 0.5) is 17.6 Å². The van der Waals surface area contributed by atoms with Gasteiger partial charge in [-0.2, -0.15) is 13.2 Å². The van der Waals surface area contributed by atoms with Gasteiger partial charge in [0.2, 0.25) is 0 Å². The van der Waals surface area contributed by atoms with E-state index in [1.54, 1.807) is 13.8 Å². The van der Waals surface area contributed by atoms with Crippen molar-refractivity contribution in [3.05, 3.63) is 70.6 Å². The average molecular weight is 538 g/mol. The van der Waals surface area contributed by atoms with E-state index < -0.39 is 47.9 Å². The maximum atomic E-state index is 14.5. The van der Waals surface area contributed by atoms with Crippen LogP contribution in [0.5, 0.6) is 5.75 Å². The van der Waals surface area contributed by atoms with E-state index in [2.05, 4.69) is 4.98 Å². The number of hydrogen-bond donors (Lipinski definition) is 2. The molecule has 1 aliphatic heterocycles. The number of rotatable bonds is 6. The molecule has 2 aliphatic rings. The van der Waals surface area contributed by atoms with Gasteiger partial charge < -0.3 is 24.4 Å². The standard InChI is InChI=1S/C27H27F4NO6/c1-12-9-21-22(11-17(12)23(33)13(2)26(34)35)38-24(14(3)37-21)16-6-8-20(32-25(16)27(29,30)31)18-10-15(36-4)5-7-19(18)28/h5-8,10-14,23-24,33H,9H2,1-4H3,(H,34,35)/t12?,13-,14?,23+,24-/m0/s1. The molecule has 0 fully saturated rings. The second-order valence-electron chi connectivity index (χ2n) is 9.45. The number of hydrogen-bond acceptors (Lipinski definition) is 6. The summed E-state index contributed by atoms with van der Waals surface area (Å²) < 4.78 is 74.0. The maximum absolute atomic E-state index is 14.5. The molecule has 1 aliphatic carbocycles. The van der Waals surface area contributed by atoms with E-state index >= 15 is 0 Å². The van der Waals surface area contributed by atoms with Crippen LogP contribution >= 0.6 is 0 Å². The first-order valence-electron chi connectivity index (χ1n) is 11.9. The number of benzene rings is 1. The van der Waals surface area contributed by atoms with E-state index in [-0.39, 0.29) is 40.7 Å². The Labute approximate surface area is 216 Å². The Hall–Kier alpha value is -3.60. The van der Waals surface area contributed by atoms with Crippen LogP contribution in [0.25, 0.3) is 11.3 Å². The third-order valence-electron chi connectivity index (χ3n) is 6.80. The number of halogens is 4. The Morgan fingerprint density at radius 1 is 1.18 bits per heavy atom. The van der Waals surface area contributed by atoms with Crippen molar-refractivity contribution in [3.63, 3.8) is 0 Å². The van der Waals surface area contributed by atoms with Crippen molar-refractivity contribution in [1.82, 2.24) is 4.98 Å². The van der Waals surface area contributed by atoms with Gasteiger partial charge in [0.15, 0.2) is 17.6 Å². The summed E-state index contributed by atoms with van der Waals surface area (Å²) in [5.41, 5.74) is -1.57. The number of aliphatic hydroxyl groups excluding tert-OH is 1. The molecule has 4 rings (SSSR count). The lowest BCUT2D eigenvalue weighted by atomic mass is 9.83. The zero-order chi connectivity index (χ0) is 27.9. The summed E-state index contributed by atoms with van der Waals surface area (Å²) in [6.45, 7) is 4.71. The fourth-order valence-corrected chi connectivity index (χ4v) is 4.62. The fourth-order valence-electron chi connectivity index (χ4n) is 4.62. The van der Waals surface area contributed by atoms with Crippen molar-refractivity contribution in [3.8, 4) is 17.0 Å². The number of carboxylic acid groups (broad SMARTS) is 1. The zero-order valence-electron chi connectivity index (χ0n) is 21.0. The highest BCUT2D eigenvalue weighted by Crippen LogP contribution is 2.45. The lowest BCUT2D eigenvalue weighted by Gasteiger charge is -2.38. The van der Waals surface area contributed by atoms with Gasteiger partial charge in [-0.3, -0.25) is 4.79 Å². The van der Waals surface area contributed by atoms with Gasteiger partial charge in [0.25, 0.3) is 0 Å². The molecule has 0 amide bonds. The Bertz CT molecular complexity index is 1300. The van der Waals surface area contributed by atoms with Crippen molar-refractivity contribution in [2.75, 3.05) is 7.11 Å². The van der Waals surface area contributed by atoms with Crippen LogP contribution in [0.1, 0.15) is 44.6 Å². The molecule has 11 heteroatoms. The Balaban J connectivity index is 1.74. The van der Waals surface area contributed by atoms with E-state index in [1.807, 2.05) is 0 Å². The van der Waals surface area contributed by atoms with Crippen LogP contribution in [-0.2, 0) is 20.4 Å². The number of aliphatic carboxylic acids is 1. The van der Waals surface area contributed by atoms with E-state index in [1.165, 1.54) is 44.4 Å². The van der Waals surface area contributed by atoms with Crippen molar-refractivity contribution in [2.45, 2.75) is 51.7 Å². The quantitative estimate of drug-likeness (QED) is 0.460. The number of carboxylic acids is 1. The maximum Gasteiger partial charge on any atom is 0.433 e. The molecule has 2 aromatic rings. The fraction of sp³-hybridized carbons (Fsp3) is 0.407. The monoisotopic (exact) mass is 537 g/mol. The summed E-state index contributed by atoms with van der Waals surface area (Å²) >= 11 is 0. The van der Waals surface area contributed by atoms with Crippen molar-refractivity contribution < 1.29 is 46.8 Å². The van der Waals surface area contributed by atoms with Gasteiger partial charge in [0.05, 0.1) is 24.8 Å². The van der Waals surface area contributed by atoms with Gasteiger partial charge in [0, 0.05) is 17.5 Å². The summed E-state index contributed by atoms with van der Waals surface area (Å²) in [4.78, 5) is 15.1. The third kappa shape index (κ3) is 5.20. The van der Waals surface area contributed by atoms with Crippen LogP contribution < -0.4 is 4.74 Å². The number of aliphatic hydroxyl groups is 1. The van der Waals surface area contributed by atoms with E-state index in [9.17, 15) is 32.6 Å². The predicted molar refractivity (Wildman–Crippen MR) is 127 cm³/mol. The summed E-state index contributed by atoms with van der Waals surface area (Å²) in [6.07, 6.45) is -6.56. The topological polar surface area (TPSA) is 98.1 Å². The number of allylic oxidation sites excluding steroid dienone is 2. The van der Waals surface area contributed by atoms with Gasteiger partial charge in [-0.05, 0) is 55.7 Å². The summed E-state index contributed by atoms with van der Waals surface area (Å²) in [5.74, 6) is -2.55. The second kappa shape index (κ2) is 10.3. The minimum Gasteiger partial charge on any atom is -0.497 e. The number of carbonyl (C=O) groups is 1. The molecule has 1 aromatic carbocycles. The van der Waals surface area contributed by atoms with Gasteiger partial charge in [-0.25, -0.2) is 9.37 Å². The minimum atomic E-state index is -4.90. The molecule has 2 unspecified atom stereocenters. The van der Waals surface area contributed by atoms with Crippen LogP contribution in [-0.4, -0.2) is 40.5 Å². The lowest BCUT2D eigenvalue weighted by Crippen LogP contribution is -2.34. The van der Waals surface area contributed by atoms with Crippen molar-refractivity contribution >= 4 is 5.97 Å². The number of alkyl halides is 3. The molecule has 2 heterocycles. The number of ether oxygens (including phenoxy) is 3. The summed E-state index contributed by atoms with van der Waals surface area (Å²) in [6, 6.07) is 6.14. The Morgan fingerprint density at radius 2 is 1.89 bits per heavy atom. The lowest BCUT2D eigenvalue weighted by molar-refractivity contribution is -0.145. The van der Waals surface area contributed by atoms with Crippen LogP contribution in [0, 0.1) is 17.7 Å². The molecule has 0 saturated carbocycles. The van der Waals surface area contributed by atoms with Crippen LogP contribution in [0.15, 0.2) is 53.5 Å².